The fraction of sp³-hybridized carbons (Fsp3) is 0.217. The highest BCUT2D eigenvalue weighted by atomic mass is 19.1. The van der Waals surface area contributed by atoms with Crippen LogP contribution < -0.4 is 0 Å². The van der Waals surface area contributed by atoms with Gasteiger partial charge in [0.15, 0.2) is 5.82 Å². The zero-order valence-corrected chi connectivity index (χ0v) is 17.2. The third-order valence-corrected chi connectivity index (χ3v) is 4.96. The number of imidazole rings is 1. The summed E-state index contributed by atoms with van der Waals surface area (Å²) < 4.78 is 29.2. The molecular weight excluding hydrogens is 384 g/mol. The minimum Gasteiger partial charge on any atom is -0.345 e. The largest absolute Gasteiger partial charge is 0.345 e. The molecule has 4 aromatic rings. The fourth-order valence-corrected chi connectivity index (χ4v) is 3.53. The molecule has 4 rings (SSSR count). The van der Waals surface area contributed by atoms with E-state index in [1.54, 1.807) is 6.20 Å². The monoisotopic (exact) mass is 407 g/mol. The van der Waals surface area contributed by atoms with Gasteiger partial charge in [-0.3, -0.25) is 4.90 Å². The molecule has 30 heavy (non-hydrogen) atoms. The van der Waals surface area contributed by atoms with Gasteiger partial charge in [0.1, 0.15) is 17.3 Å². The molecule has 2 aromatic carbocycles. The van der Waals surface area contributed by atoms with Gasteiger partial charge < -0.3 is 4.98 Å². The highest BCUT2D eigenvalue weighted by Crippen LogP contribution is 2.28. The normalized spacial score (nSPS) is 11.4. The second kappa shape index (κ2) is 8.20. The molecule has 0 fully saturated rings. The van der Waals surface area contributed by atoms with Gasteiger partial charge in [0.05, 0.1) is 12.2 Å². The molecule has 0 radical (unpaired) electrons. The molecule has 5 nitrogen and oxygen atoms in total. The molecule has 0 saturated carbocycles. The molecule has 0 spiro atoms. The molecule has 0 aliphatic carbocycles. The van der Waals surface area contributed by atoms with Crippen molar-refractivity contribution < 1.29 is 8.78 Å². The van der Waals surface area contributed by atoms with Crippen molar-refractivity contribution in [3.8, 4) is 16.9 Å². The van der Waals surface area contributed by atoms with Crippen LogP contribution in [-0.4, -0.2) is 31.7 Å². The summed E-state index contributed by atoms with van der Waals surface area (Å²) in [6.45, 7) is 5.21. The molecule has 154 valence electrons. The number of H-pyrrole nitrogens is 1. The van der Waals surface area contributed by atoms with Crippen LogP contribution >= 0.6 is 0 Å². The summed E-state index contributed by atoms with van der Waals surface area (Å²) in [4.78, 5) is 9.71. The van der Waals surface area contributed by atoms with Crippen LogP contribution in [0.1, 0.15) is 22.6 Å². The van der Waals surface area contributed by atoms with Crippen molar-refractivity contribution in [2.45, 2.75) is 26.9 Å². The highest BCUT2D eigenvalue weighted by Gasteiger charge is 2.17. The minimum atomic E-state index is -0.653. The first kappa shape index (κ1) is 20.0. The Morgan fingerprint density at radius 2 is 1.87 bits per heavy atom. The Kier molecular flexibility index (Phi) is 5.46. The number of nitrogens with one attached hydrogen (secondary N) is 1. The highest BCUT2D eigenvalue weighted by molar-refractivity contribution is 5.66. The second-order valence-corrected chi connectivity index (χ2v) is 7.54. The molecule has 0 amide bonds. The van der Waals surface area contributed by atoms with Crippen molar-refractivity contribution in [2.24, 2.45) is 0 Å². The molecule has 0 aliphatic heterocycles. The Labute approximate surface area is 174 Å². The van der Waals surface area contributed by atoms with E-state index in [1.807, 2.05) is 51.4 Å². The lowest BCUT2D eigenvalue weighted by Gasteiger charge is -2.15. The second-order valence-electron chi connectivity index (χ2n) is 7.54. The number of benzene rings is 2. The van der Waals surface area contributed by atoms with Gasteiger partial charge in [-0.2, -0.15) is 5.10 Å². The molecule has 0 saturated heterocycles. The van der Waals surface area contributed by atoms with Crippen molar-refractivity contribution >= 4 is 0 Å². The number of aromatic nitrogens is 4. The van der Waals surface area contributed by atoms with Crippen molar-refractivity contribution in [3.63, 3.8) is 0 Å². The zero-order chi connectivity index (χ0) is 21.3. The molecule has 0 unspecified atom stereocenters. The number of nitrogens with zero attached hydrogens (tertiary/aromatic N) is 4. The molecule has 0 bridgehead atoms. The van der Waals surface area contributed by atoms with E-state index in [1.165, 1.54) is 16.8 Å². The van der Waals surface area contributed by atoms with E-state index in [-0.39, 0.29) is 5.69 Å². The number of hydrogen-bond donors (Lipinski definition) is 1. The first-order valence-electron chi connectivity index (χ1n) is 9.69. The number of rotatable bonds is 6. The van der Waals surface area contributed by atoms with Crippen molar-refractivity contribution in [3.05, 3.63) is 89.1 Å². The van der Waals surface area contributed by atoms with Crippen LogP contribution in [0.15, 0.2) is 54.9 Å². The predicted molar refractivity (Wildman–Crippen MR) is 112 cm³/mol. The number of aromatic amines is 1. The maximum Gasteiger partial charge on any atom is 0.151 e. The fourth-order valence-electron chi connectivity index (χ4n) is 3.53. The summed E-state index contributed by atoms with van der Waals surface area (Å²) in [5.41, 5.74) is 5.00. The summed E-state index contributed by atoms with van der Waals surface area (Å²) in [5.74, 6) is -0.388. The van der Waals surface area contributed by atoms with E-state index in [9.17, 15) is 8.78 Å². The van der Waals surface area contributed by atoms with Gasteiger partial charge in [0.25, 0.3) is 0 Å². The molecule has 2 aromatic heterocycles. The van der Waals surface area contributed by atoms with E-state index in [2.05, 4.69) is 20.0 Å². The summed E-state index contributed by atoms with van der Waals surface area (Å²) in [5, 5.41) is 4.67. The van der Waals surface area contributed by atoms with Gasteiger partial charge in [0.2, 0.25) is 0 Å². The van der Waals surface area contributed by atoms with Crippen LogP contribution in [0, 0.1) is 25.5 Å². The van der Waals surface area contributed by atoms with E-state index in [0.717, 1.165) is 40.0 Å². The minimum absolute atomic E-state index is 0.210. The smallest absolute Gasteiger partial charge is 0.151 e. The van der Waals surface area contributed by atoms with Crippen LogP contribution in [0.5, 0.6) is 0 Å². The van der Waals surface area contributed by atoms with Gasteiger partial charge in [-0.15, -0.1) is 0 Å². The lowest BCUT2D eigenvalue weighted by Crippen LogP contribution is -2.18. The summed E-state index contributed by atoms with van der Waals surface area (Å²) >= 11 is 0. The average molecular weight is 407 g/mol. The first-order valence-corrected chi connectivity index (χ1v) is 9.69. The maximum atomic E-state index is 14.4. The topological polar surface area (TPSA) is 49.7 Å². The van der Waals surface area contributed by atoms with E-state index >= 15 is 0 Å². The Bertz CT molecular complexity index is 1180. The predicted octanol–water partition coefficient (Wildman–Crippen LogP) is 4.79. The van der Waals surface area contributed by atoms with E-state index in [4.69, 9.17) is 0 Å². The lowest BCUT2D eigenvalue weighted by molar-refractivity contribution is 0.312. The van der Waals surface area contributed by atoms with Gasteiger partial charge in [0, 0.05) is 41.8 Å². The molecule has 0 aliphatic rings. The van der Waals surface area contributed by atoms with Gasteiger partial charge >= 0.3 is 0 Å². The van der Waals surface area contributed by atoms with Crippen LogP contribution in [0.3, 0.4) is 0 Å². The van der Waals surface area contributed by atoms with Gasteiger partial charge in [-0.25, -0.2) is 18.4 Å². The lowest BCUT2D eigenvalue weighted by atomic mass is 10.0. The van der Waals surface area contributed by atoms with Crippen LogP contribution in [0.2, 0.25) is 0 Å². The SMILES string of the molecule is Cc1cnc(CN(C)Cc2cn(-c3ccc(F)cc3F)nc2-c2ccccc2C)[nH]1. The standard InChI is InChI=1S/C23H23F2N5/c1-15-6-4-5-7-19(15)23-17(12-29(3)14-22-26-11-16(2)27-22)13-30(28-23)21-9-8-18(24)10-20(21)25/h4-11,13H,12,14H2,1-3H3,(H,26,27). The van der Waals surface area contributed by atoms with Crippen LogP contribution in [0.4, 0.5) is 8.78 Å². The Morgan fingerprint density at radius 1 is 1.07 bits per heavy atom. The third kappa shape index (κ3) is 4.16. The van der Waals surface area contributed by atoms with Crippen molar-refractivity contribution in [1.29, 1.82) is 0 Å². The number of hydrogen-bond acceptors (Lipinski definition) is 3. The van der Waals surface area contributed by atoms with Gasteiger partial charge in [-0.05, 0) is 38.6 Å². The van der Waals surface area contributed by atoms with Crippen LogP contribution in [0.25, 0.3) is 16.9 Å². The van der Waals surface area contributed by atoms with Crippen LogP contribution in [-0.2, 0) is 13.1 Å². The number of halogens is 2. The summed E-state index contributed by atoms with van der Waals surface area (Å²) in [6, 6.07) is 11.5. The molecule has 7 heteroatoms. The third-order valence-electron chi connectivity index (χ3n) is 4.96. The molecule has 0 atom stereocenters. The maximum absolute atomic E-state index is 14.4. The van der Waals surface area contributed by atoms with Crippen molar-refractivity contribution in [1.82, 2.24) is 24.6 Å². The average Bonchev–Trinajstić information content (AvgIpc) is 3.28. The van der Waals surface area contributed by atoms with Crippen molar-refractivity contribution in [2.75, 3.05) is 7.05 Å². The zero-order valence-electron chi connectivity index (χ0n) is 17.2. The van der Waals surface area contributed by atoms with Gasteiger partial charge in [-0.1, -0.05) is 24.3 Å². The van der Waals surface area contributed by atoms with E-state index in [0.29, 0.717) is 13.1 Å². The Hall–Kier alpha value is -3.32. The molecular formula is C23H23F2N5. The number of aryl methyl sites for hydroxylation is 2. The Morgan fingerprint density at radius 3 is 2.57 bits per heavy atom. The molecule has 1 N–H and O–H groups in total. The summed E-state index contributed by atoms with van der Waals surface area (Å²) in [7, 11) is 2.00. The first-order chi connectivity index (χ1) is 14.4. The quantitative estimate of drug-likeness (QED) is 0.500. The van der Waals surface area contributed by atoms with E-state index < -0.39 is 11.6 Å². The Balaban J connectivity index is 1.72. The molecule has 2 heterocycles. The summed E-state index contributed by atoms with van der Waals surface area (Å²) in [6.07, 6.45) is 3.61.